The second-order valence-corrected chi connectivity index (χ2v) is 1.91. The van der Waals surface area contributed by atoms with Gasteiger partial charge in [-0.1, -0.05) is 6.08 Å². The number of hydrogen-bond donors (Lipinski definition) is 1. The van der Waals surface area contributed by atoms with Crippen LogP contribution < -0.4 is 5.32 Å². The fourth-order valence-corrected chi connectivity index (χ4v) is 0.629. The van der Waals surface area contributed by atoms with Gasteiger partial charge in [-0.15, -0.1) is 0 Å². The zero-order valence-corrected chi connectivity index (χ0v) is 4.75. The van der Waals surface area contributed by atoms with E-state index in [4.69, 9.17) is 0 Å². The zero-order valence-electron chi connectivity index (χ0n) is 3.16. The molecule has 1 nitrogen and oxygen atoms in total. The quantitative estimate of drug-likeness (QED) is 0.507. The molecule has 6 heavy (non-hydrogen) atoms. The molecule has 0 unspecified atom stereocenters. The average Bonchev–Trinajstić information content (AvgIpc) is 1.86. The predicted octanol–water partition coefficient (Wildman–Crippen LogP) is 1.25. The molecule has 2 heteroatoms. The summed E-state index contributed by atoms with van der Waals surface area (Å²) in [4.78, 5) is 0. The van der Waals surface area contributed by atoms with Gasteiger partial charge in [-0.3, -0.25) is 0 Å². The second kappa shape index (κ2) is 1.65. The Balaban J connectivity index is 2.45. The molecule has 0 aromatic carbocycles. The van der Waals surface area contributed by atoms with Crippen LogP contribution in [0.15, 0.2) is 10.7 Å². The summed E-state index contributed by atoms with van der Waals surface area (Å²) in [6.45, 7) is 2.88. The standard InChI is InChI=1S/C4H4BrN/c5-4-2-1-3-6-4/h2,6H,1H2. The lowest BCUT2D eigenvalue weighted by Crippen LogP contribution is -1.94. The van der Waals surface area contributed by atoms with Gasteiger partial charge in [-0.05, 0) is 22.4 Å². The van der Waals surface area contributed by atoms with Crippen LogP contribution in [-0.2, 0) is 0 Å². The molecule has 32 valence electrons. The van der Waals surface area contributed by atoms with E-state index in [1.807, 2.05) is 6.08 Å². The second-order valence-electron chi connectivity index (χ2n) is 1.06. The van der Waals surface area contributed by atoms with Crippen molar-refractivity contribution >= 4 is 15.9 Å². The molecular formula is C4H4BrN. The van der Waals surface area contributed by atoms with Crippen molar-refractivity contribution in [3.05, 3.63) is 17.2 Å². The minimum absolute atomic E-state index is 0.917. The van der Waals surface area contributed by atoms with Gasteiger partial charge in [0.25, 0.3) is 0 Å². The Morgan fingerprint density at radius 1 is 2.00 bits per heavy atom. The van der Waals surface area contributed by atoms with Gasteiger partial charge >= 0.3 is 0 Å². The number of hydrogen-bond acceptors (Lipinski definition) is 1. The van der Waals surface area contributed by atoms with Crippen molar-refractivity contribution in [3.63, 3.8) is 0 Å². The van der Waals surface area contributed by atoms with Crippen molar-refractivity contribution in [2.75, 3.05) is 0 Å². The van der Waals surface area contributed by atoms with Gasteiger partial charge in [0.2, 0.25) is 0 Å². The maximum atomic E-state index is 3.23. The third-order valence-electron chi connectivity index (χ3n) is 0.591. The van der Waals surface area contributed by atoms with Gasteiger partial charge < -0.3 is 5.32 Å². The summed E-state index contributed by atoms with van der Waals surface area (Å²) in [7, 11) is 0. The van der Waals surface area contributed by atoms with E-state index in [1.54, 1.807) is 0 Å². The van der Waals surface area contributed by atoms with E-state index in [1.165, 1.54) is 0 Å². The fraction of sp³-hybridized carbons (Fsp3) is 0.250. The topological polar surface area (TPSA) is 12.0 Å². The van der Waals surface area contributed by atoms with Crippen LogP contribution in [-0.4, -0.2) is 0 Å². The van der Waals surface area contributed by atoms with Crippen molar-refractivity contribution in [2.24, 2.45) is 0 Å². The Hall–Kier alpha value is 0.0200. The molecule has 1 rings (SSSR count). The Labute approximate surface area is 45.6 Å². The summed E-state index contributed by atoms with van der Waals surface area (Å²) in [6.07, 6.45) is 2.93. The Kier molecular flexibility index (Phi) is 1.15. The minimum Gasteiger partial charge on any atom is -0.369 e. The summed E-state index contributed by atoms with van der Waals surface area (Å²) in [5.74, 6) is 0. The lowest BCUT2D eigenvalue weighted by atomic mass is 10.5. The van der Waals surface area contributed by atoms with Crippen molar-refractivity contribution in [1.82, 2.24) is 5.32 Å². The van der Waals surface area contributed by atoms with Crippen LogP contribution in [0.2, 0.25) is 0 Å². The third-order valence-corrected chi connectivity index (χ3v) is 1.11. The Morgan fingerprint density at radius 3 is 3.00 bits per heavy atom. The van der Waals surface area contributed by atoms with Gasteiger partial charge in [-0.2, -0.15) is 0 Å². The molecule has 2 radical (unpaired) electrons. The van der Waals surface area contributed by atoms with Crippen molar-refractivity contribution in [3.8, 4) is 0 Å². The SMILES string of the molecule is BrC1=CC[C]N1. The summed E-state index contributed by atoms with van der Waals surface area (Å²) < 4.78 is 1.03. The molecule has 0 saturated heterocycles. The van der Waals surface area contributed by atoms with E-state index >= 15 is 0 Å². The van der Waals surface area contributed by atoms with Crippen LogP contribution in [0.1, 0.15) is 6.42 Å². The monoisotopic (exact) mass is 145 g/mol. The highest BCUT2D eigenvalue weighted by Gasteiger charge is 1.96. The predicted molar refractivity (Wildman–Crippen MR) is 28.0 cm³/mol. The molecule has 0 aromatic rings. The molecule has 0 aliphatic carbocycles. The summed E-state index contributed by atoms with van der Waals surface area (Å²) in [5, 5.41) is 2.85. The molecule has 1 aliphatic rings. The molecular weight excluding hydrogens is 142 g/mol. The van der Waals surface area contributed by atoms with Crippen molar-refractivity contribution in [2.45, 2.75) is 6.42 Å². The molecule has 1 heterocycles. The highest BCUT2D eigenvalue weighted by molar-refractivity contribution is 9.11. The summed E-state index contributed by atoms with van der Waals surface area (Å²) in [6, 6.07) is 0. The van der Waals surface area contributed by atoms with Gasteiger partial charge in [0.05, 0.1) is 11.2 Å². The Morgan fingerprint density at radius 2 is 2.83 bits per heavy atom. The fourth-order valence-electron chi connectivity index (χ4n) is 0.327. The lowest BCUT2D eigenvalue weighted by molar-refractivity contribution is 1.06. The molecule has 0 amide bonds. The van der Waals surface area contributed by atoms with Crippen LogP contribution >= 0.6 is 15.9 Å². The van der Waals surface area contributed by atoms with E-state index in [9.17, 15) is 0 Å². The van der Waals surface area contributed by atoms with Crippen LogP contribution in [0.4, 0.5) is 0 Å². The molecule has 0 bridgehead atoms. The molecule has 0 spiro atoms. The van der Waals surface area contributed by atoms with Gasteiger partial charge in [-0.25, -0.2) is 0 Å². The molecule has 1 N–H and O–H groups in total. The van der Waals surface area contributed by atoms with Gasteiger partial charge in [0, 0.05) is 0 Å². The number of nitrogens with one attached hydrogen (secondary N) is 1. The van der Waals surface area contributed by atoms with Crippen molar-refractivity contribution in [1.29, 1.82) is 0 Å². The van der Waals surface area contributed by atoms with E-state index in [2.05, 4.69) is 27.8 Å². The molecule has 0 saturated carbocycles. The van der Waals surface area contributed by atoms with Gasteiger partial charge in [0.1, 0.15) is 0 Å². The first kappa shape index (κ1) is 4.19. The third kappa shape index (κ3) is 0.744. The normalized spacial score (nSPS) is 19.8. The average molecular weight is 146 g/mol. The van der Waals surface area contributed by atoms with E-state index in [-0.39, 0.29) is 0 Å². The number of halogens is 1. The molecule has 0 aromatic heterocycles. The van der Waals surface area contributed by atoms with Crippen molar-refractivity contribution < 1.29 is 0 Å². The van der Waals surface area contributed by atoms with Crippen LogP contribution in [0.5, 0.6) is 0 Å². The summed E-state index contributed by atoms with van der Waals surface area (Å²) >= 11 is 3.23. The minimum atomic E-state index is 0.917. The first-order valence-corrected chi connectivity index (χ1v) is 2.53. The molecule has 0 atom stereocenters. The largest absolute Gasteiger partial charge is 0.369 e. The smallest absolute Gasteiger partial charge is 0.0926 e. The summed E-state index contributed by atoms with van der Waals surface area (Å²) in [5.41, 5.74) is 0. The highest BCUT2D eigenvalue weighted by Crippen LogP contribution is 2.08. The molecule has 0 fully saturated rings. The van der Waals surface area contributed by atoms with Crippen LogP contribution in [0, 0.1) is 6.54 Å². The van der Waals surface area contributed by atoms with E-state index in [0.29, 0.717) is 0 Å². The zero-order chi connectivity index (χ0) is 4.41. The number of rotatable bonds is 0. The van der Waals surface area contributed by atoms with E-state index < -0.39 is 0 Å². The maximum Gasteiger partial charge on any atom is 0.0926 e. The highest BCUT2D eigenvalue weighted by atomic mass is 79.9. The lowest BCUT2D eigenvalue weighted by Gasteiger charge is -1.84. The van der Waals surface area contributed by atoms with E-state index in [0.717, 1.165) is 11.0 Å². The Bertz CT molecular complexity index is 77.6. The van der Waals surface area contributed by atoms with Crippen LogP contribution in [0.25, 0.3) is 0 Å². The first-order valence-electron chi connectivity index (χ1n) is 1.74. The maximum absolute atomic E-state index is 3.23. The first-order chi connectivity index (χ1) is 2.89. The van der Waals surface area contributed by atoms with Gasteiger partial charge in [0.15, 0.2) is 0 Å². The molecule has 1 aliphatic heterocycles. The van der Waals surface area contributed by atoms with Crippen LogP contribution in [0.3, 0.4) is 0 Å².